The molecule has 0 aromatic heterocycles. The molecule has 0 atom stereocenters. The Morgan fingerprint density at radius 1 is 1.38 bits per heavy atom. The number of hydrazine groups is 1. The predicted molar refractivity (Wildman–Crippen MR) is 52.2 cm³/mol. The van der Waals surface area contributed by atoms with Gasteiger partial charge in [0.15, 0.2) is 0 Å². The predicted octanol–water partition coefficient (Wildman–Crippen LogP) is 0.905. The number of likely N-dealkylation sites (tertiary alicyclic amines) is 1. The average Bonchev–Trinajstić information content (AvgIpc) is 2.04. The number of piperidine rings is 1. The van der Waals surface area contributed by atoms with Gasteiger partial charge in [0.05, 0.1) is 0 Å². The molecular weight excluding hydrogens is 166 g/mol. The van der Waals surface area contributed by atoms with Gasteiger partial charge in [-0.3, -0.25) is 5.43 Å². The Labute approximate surface area is 79.9 Å². The molecule has 1 N–H and O–H groups in total. The fraction of sp³-hybridized carbons (Fsp3) is 0.889. The second-order valence-electron chi connectivity index (χ2n) is 3.98. The molecule has 0 radical (unpaired) electrons. The summed E-state index contributed by atoms with van der Waals surface area (Å²) in [5, 5.41) is 1.68. The number of hydrogen-bond donors (Lipinski definition) is 1. The van der Waals surface area contributed by atoms with Crippen molar-refractivity contribution < 1.29 is 4.79 Å². The van der Waals surface area contributed by atoms with Gasteiger partial charge in [0, 0.05) is 27.2 Å². The molecule has 0 spiro atoms. The summed E-state index contributed by atoms with van der Waals surface area (Å²) in [4.78, 5) is 13.4. The van der Waals surface area contributed by atoms with Gasteiger partial charge in [-0.15, -0.1) is 0 Å². The van der Waals surface area contributed by atoms with Crippen molar-refractivity contribution in [3.8, 4) is 0 Å². The molecule has 0 aromatic carbocycles. The maximum atomic E-state index is 11.5. The molecule has 1 heterocycles. The second-order valence-corrected chi connectivity index (χ2v) is 3.98. The number of nitrogens with zero attached hydrogens (tertiary/aromatic N) is 2. The maximum Gasteiger partial charge on any atom is 0.331 e. The number of rotatable bonds is 1. The normalized spacial score (nSPS) is 19.2. The first-order valence-electron chi connectivity index (χ1n) is 4.82. The highest BCUT2D eigenvalue weighted by Gasteiger charge is 2.19. The van der Waals surface area contributed by atoms with Gasteiger partial charge in [-0.05, 0) is 18.8 Å². The van der Waals surface area contributed by atoms with E-state index in [0.717, 1.165) is 31.8 Å². The highest BCUT2D eigenvalue weighted by atomic mass is 16.2. The lowest BCUT2D eigenvalue weighted by atomic mass is 10.00. The minimum absolute atomic E-state index is 0.0249. The molecule has 2 amide bonds. The van der Waals surface area contributed by atoms with Gasteiger partial charge in [-0.25, -0.2) is 9.80 Å². The van der Waals surface area contributed by atoms with E-state index < -0.39 is 0 Å². The van der Waals surface area contributed by atoms with E-state index in [1.807, 2.05) is 19.0 Å². The van der Waals surface area contributed by atoms with E-state index >= 15 is 0 Å². The molecule has 1 aliphatic heterocycles. The van der Waals surface area contributed by atoms with Crippen LogP contribution in [0.4, 0.5) is 4.79 Å². The van der Waals surface area contributed by atoms with Crippen molar-refractivity contribution >= 4 is 6.03 Å². The molecule has 1 saturated heterocycles. The topological polar surface area (TPSA) is 35.6 Å². The van der Waals surface area contributed by atoms with Crippen molar-refractivity contribution in [1.29, 1.82) is 0 Å². The third kappa shape index (κ3) is 3.22. The Kier molecular flexibility index (Phi) is 3.54. The Morgan fingerprint density at radius 3 is 2.38 bits per heavy atom. The number of amides is 2. The van der Waals surface area contributed by atoms with Crippen LogP contribution in [0.5, 0.6) is 0 Å². The molecule has 0 unspecified atom stereocenters. The number of hydrogen-bond acceptors (Lipinski definition) is 2. The largest absolute Gasteiger partial charge is 0.331 e. The van der Waals surface area contributed by atoms with E-state index in [4.69, 9.17) is 0 Å². The lowest BCUT2D eigenvalue weighted by molar-refractivity contribution is 0.151. The SMILES string of the molecule is CC1CCN(C(=O)NN(C)C)CC1. The van der Waals surface area contributed by atoms with E-state index in [2.05, 4.69) is 12.3 Å². The number of carbonyl (C=O) groups is 1. The van der Waals surface area contributed by atoms with Gasteiger partial charge in [-0.1, -0.05) is 6.92 Å². The molecule has 76 valence electrons. The highest BCUT2D eigenvalue weighted by Crippen LogP contribution is 2.15. The van der Waals surface area contributed by atoms with Crippen LogP contribution in [0.15, 0.2) is 0 Å². The summed E-state index contributed by atoms with van der Waals surface area (Å²) in [6.07, 6.45) is 2.25. The first kappa shape index (κ1) is 10.3. The first-order valence-corrected chi connectivity index (χ1v) is 4.82. The van der Waals surface area contributed by atoms with Crippen molar-refractivity contribution in [3.05, 3.63) is 0 Å². The molecule has 0 aliphatic carbocycles. The summed E-state index contributed by atoms with van der Waals surface area (Å²) in [7, 11) is 3.65. The Balaban J connectivity index is 2.31. The van der Waals surface area contributed by atoms with Gasteiger partial charge in [-0.2, -0.15) is 0 Å². The summed E-state index contributed by atoms with van der Waals surface area (Å²) < 4.78 is 0. The molecule has 0 bridgehead atoms. The van der Waals surface area contributed by atoms with Crippen LogP contribution in [0.1, 0.15) is 19.8 Å². The molecule has 0 aromatic rings. The minimum Gasteiger partial charge on any atom is -0.324 e. The van der Waals surface area contributed by atoms with Crippen LogP contribution in [0.2, 0.25) is 0 Å². The Bertz CT molecular complexity index is 174. The van der Waals surface area contributed by atoms with Gasteiger partial charge in [0.2, 0.25) is 0 Å². The van der Waals surface area contributed by atoms with Gasteiger partial charge < -0.3 is 4.90 Å². The van der Waals surface area contributed by atoms with Crippen molar-refractivity contribution in [2.24, 2.45) is 5.92 Å². The van der Waals surface area contributed by atoms with Gasteiger partial charge in [0.25, 0.3) is 0 Å². The summed E-state index contributed by atoms with van der Waals surface area (Å²) >= 11 is 0. The van der Waals surface area contributed by atoms with Crippen molar-refractivity contribution in [1.82, 2.24) is 15.3 Å². The van der Waals surface area contributed by atoms with E-state index in [1.54, 1.807) is 5.01 Å². The van der Waals surface area contributed by atoms with Crippen LogP contribution < -0.4 is 5.43 Å². The summed E-state index contributed by atoms with van der Waals surface area (Å²) in [6.45, 7) is 4.02. The molecule has 4 heteroatoms. The number of nitrogens with one attached hydrogen (secondary N) is 1. The van der Waals surface area contributed by atoms with Crippen LogP contribution >= 0.6 is 0 Å². The van der Waals surface area contributed by atoms with E-state index in [0.29, 0.717) is 0 Å². The van der Waals surface area contributed by atoms with Gasteiger partial charge in [0.1, 0.15) is 0 Å². The fourth-order valence-corrected chi connectivity index (χ4v) is 1.47. The van der Waals surface area contributed by atoms with Crippen molar-refractivity contribution in [2.75, 3.05) is 27.2 Å². The summed E-state index contributed by atoms with van der Waals surface area (Å²) in [6, 6.07) is 0.0249. The zero-order valence-corrected chi connectivity index (χ0v) is 8.71. The van der Waals surface area contributed by atoms with E-state index in [9.17, 15) is 4.79 Å². The molecule has 0 saturated carbocycles. The number of carbonyl (C=O) groups excluding carboxylic acids is 1. The van der Waals surface area contributed by atoms with Crippen LogP contribution in [0.25, 0.3) is 0 Å². The first-order chi connectivity index (χ1) is 6.09. The lowest BCUT2D eigenvalue weighted by Gasteiger charge is -2.31. The zero-order chi connectivity index (χ0) is 9.84. The lowest BCUT2D eigenvalue weighted by Crippen LogP contribution is -2.48. The molecule has 1 fully saturated rings. The third-order valence-electron chi connectivity index (χ3n) is 2.39. The Hall–Kier alpha value is -0.770. The second kappa shape index (κ2) is 4.46. The number of urea groups is 1. The average molecular weight is 185 g/mol. The molecule has 4 nitrogen and oxygen atoms in total. The molecule has 1 aliphatic rings. The smallest absolute Gasteiger partial charge is 0.324 e. The van der Waals surface area contributed by atoms with E-state index in [1.165, 1.54) is 0 Å². The third-order valence-corrected chi connectivity index (χ3v) is 2.39. The summed E-state index contributed by atoms with van der Waals surface area (Å²) in [5.74, 6) is 0.767. The monoisotopic (exact) mass is 185 g/mol. The Morgan fingerprint density at radius 2 is 1.92 bits per heavy atom. The molecule has 13 heavy (non-hydrogen) atoms. The van der Waals surface area contributed by atoms with Crippen LogP contribution in [0.3, 0.4) is 0 Å². The van der Waals surface area contributed by atoms with E-state index in [-0.39, 0.29) is 6.03 Å². The minimum atomic E-state index is 0.0249. The zero-order valence-electron chi connectivity index (χ0n) is 8.71. The highest BCUT2D eigenvalue weighted by molar-refractivity contribution is 5.73. The maximum absolute atomic E-state index is 11.5. The van der Waals surface area contributed by atoms with Crippen LogP contribution in [-0.2, 0) is 0 Å². The van der Waals surface area contributed by atoms with Crippen molar-refractivity contribution in [3.63, 3.8) is 0 Å². The summed E-state index contributed by atoms with van der Waals surface area (Å²) in [5.41, 5.74) is 2.75. The fourth-order valence-electron chi connectivity index (χ4n) is 1.47. The standard InChI is InChI=1S/C9H19N3O/c1-8-4-6-12(7-5-8)9(13)10-11(2)3/h8H,4-7H2,1-3H3,(H,10,13). The van der Waals surface area contributed by atoms with Crippen molar-refractivity contribution in [2.45, 2.75) is 19.8 Å². The quantitative estimate of drug-likeness (QED) is 0.616. The van der Waals surface area contributed by atoms with Crippen LogP contribution in [-0.4, -0.2) is 43.1 Å². The van der Waals surface area contributed by atoms with Gasteiger partial charge >= 0.3 is 6.03 Å². The van der Waals surface area contributed by atoms with Crippen LogP contribution in [0, 0.1) is 5.92 Å². The molecule has 1 rings (SSSR count). The molecular formula is C9H19N3O.